The summed E-state index contributed by atoms with van der Waals surface area (Å²) in [4.78, 5) is 4.04. The van der Waals surface area contributed by atoms with Crippen LogP contribution in [-0.2, 0) is 0 Å². The second kappa shape index (κ2) is 8.13. The second-order valence-corrected chi connectivity index (χ2v) is 6.32. The lowest BCUT2D eigenvalue weighted by atomic mass is 10.3. The first-order valence-electron chi connectivity index (χ1n) is 6.52. The molecular formula is C17H18S2. The van der Waals surface area contributed by atoms with Gasteiger partial charge in [0.05, 0.1) is 0 Å². The lowest BCUT2D eigenvalue weighted by Crippen LogP contribution is -1.77. The molecule has 0 aliphatic carbocycles. The largest absolute Gasteiger partial charge is 0.0972 e. The minimum atomic E-state index is 1.14. The Morgan fingerprint density at radius 3 is 2.05 bits per heavy atom. The van der Waals surface area contributed by atoms with Crippen molar-refractivity contribution in [1.82, 2.24) is 0 Å². The molecule has 0 aliphatic rings. The molecule has 0 atom stereocenters. The van der Waals surface area contributed by atoms with E-state index < -0.39 is 0 Å². The fraction of sp³-hybridized carbons (Fsp3) is 0.176. The van der Waals surface area contributed by atoms with Crippen molar-refractivity contribution < 1.29 is 0 Å². The van der Waals surface area contributed by atoms with E-state index in [4.69, 9.17) is 0 Å². The minimum absolute atomic E-state index is 1.14. The maximum atomic E-state index is 2.29. The lowest BCUT2D eigenvalue weighted by Gasteiger charge is -2.06. The van der Waals surface area contributed by atoms with Gasteiger partial charge in [0.25, 0.3) is 0 Å². The van der Waals surface area contributed by atoms with Gasteiger partial charge in [-0.25, -0.2) is 0 Å². The van der Waals surface area contributed by atoms with Crippen molar-refractivity contribution in [2.75, 3.05) is 0 Å². The summed E-state index contributed by atoms with van der Waals surface area (Å²) in [6.07, 6.45) is 2.32. The van der Waals surface area contributed by atoms with Gasteiger partial charge in [0.1, 0.15) is 0 Å². The van der Waals surface area contributed by atoms with E-state index in [-0.39, 0.29) is 0 Å². The number of hydrogen-bond acceptors (Lipinski definition) is 2. The summed E-state index contributed by atoms with van der Waals surface area (Å²) in [7, 11) is 0. The number of hydrogen-bond donors (Lipinski definition) is 0. The molecule has 0 spiro atoms. The summed E-state index contributed by atoms with van der Waals surface area (Å²) >= 11 is 3.68. The zero-order valence-electron chi connectivity index (χ0n) is 11.1. The molecule has 98 valence electrons. The standard InChI is InChI=1S/C17H18S2/c1-2-9-17(19-16-12-7-4-8-13-16)14-18-15-10-5-3-6-11-15/h3-8,10-14H,2,9H2,1H3/b17-14-. The van der Waals surface area contributed by atoms with Gasteiger partial charge in [0.2, 0.25) is 0 Å². The van der Waals surface area contributed by atoms with E-state index >= 15 is 0 Å². The normalized spacial score (nSPS) is 11.5. The topological polar surface area (TPSA) is 0 Å². The van der Waals surface area contributed by atoms with Gasteiger partial charge in [0.15, 0.2) is 0 Å². The maximum absolute atomic E-state index is 2.29. The zero-order valence-corrected chi connectivity index (χ0v) is 12.7. The fourth-order valence-electron chi connectivity index (χ4n) is 1.65. The summed E-state index contributed by atoms with van der Waals surface area (Å²) in [5, 5.41) is 2.29. The number of rotatable bonds is 6. The Morgan fingerprint density at radius 2 is 1.47 bits per heavy atom. The van der Waals surface area contributed by atoms with Crippen LogP contribution in [0.15, 0.2) is 80.8 Å². The van der Waals surface area contributed by atoms with Crippen molar-refractivity contribution in [3.63, 3.8) is 0 Å². The van der Waals surface area contributed by atoms with E-state index in [0.29, 0.717) is 0 Å². The molecule has 2 aromatic rings. The first-order chi connectivity index (χ1) is 9.38. The quantitative estimate of drug-likeness (QED) is 0.579. The van der Waals surface area contributed by atoms with Crippen molar-refractivity contribution in [3.05, 3.63) is 71.0 Å². The third kappa shape index (κ3) is 5.17. The molecule has 0 heterocycles. The average molecular weight is 286 g/mol. The van der Waals surface area contributed by atoms with E-state index in [1.54, 1.807) is 11.8 Å². The van der Waals surface area contributed by atoms with Crippen molar-refractivity contribution in [3.8, 4) is 0 Å². The van der Waals surface area contributed by atoms with Crippen LogP contribution in [0.2, 0.25) is 0 Å². The third-order valence-electron chi connectivity index (χ3n) is 2.56. The van der Waals surface area contributed by atoms with Gasteiger partial charge in [-0.2, -0.15) is 0 Å². The molecule has 0 saturated heterocycles. The van der Waals surface area contributed by atoms with Crippen LogP contribution in [0.25, 0.3) is 0 Å². The predicted molar refractivity (Wildman–Crippen MR) is 87.6 cm³/mol. The van der Waals surface area contributed by atoms with Gasteiger partial charge in [-0.05, 0) is 41.0 Å². The van der Waals surface area contributed by atoms with Gasteiger partial charge < -0.3 is 0 Å². The summed E-state index contributed by atoms with van der Waals surface area (Å²) < 4.78 is 0. The molecule has 0 aliphatic heterocycles. The first kappa shape index (κ1) is 14.3. The smallest absolute Gasteiger partial charge is 0.0119 e. The Kier molecular flexibility index (Phi) is 6.12. The molecule has 2 aromatic carbocycles. The highest BCUT2D eigenvalue weighted by Gasteiger charge is 2.00. The molecule has 0 saturated carbocycles. The summed E-state index contributed by atoms with van der Waals surface area (Å²) in [6, 6.07) is 21.1. The molecule has 0 bridgehead atoms. The number of allylic oxidation sites excluding steroid dienone is 1. The van der Waals surface area contributed by atoms with Crippen LogP contribution in [0.4, 0.5) is 0 Å². The van der Waals surface area contributed by atoms with Crippen LogP contribution < -0.4 is 0 Å². The predicted octanol–water partition coefficient (Wildman–Crippen LogP) is 6.21. The Labute approximate surface area is 124 Å². The van der Waals surface area contributed by atoms with Crippen molar-refractivity contribution >= 4 is 23.5 Å². The van der Waals surface area contributed by atoms with Crippen LogP contribution in [0.3, 0.4) is 0 Å². The highest BCUT2D eigenvalue weighted by Crippen LogP contribution is 2.33. The van der Waals surface area contributed by atoms with Crippen molar-refractivity contribution in [2.24, 2.45) is 0 Å². The summed E-state index contributed by atoms with van der Waals surface area (Å²) in [6.45, 7) is 2.23. The molecular weight excluding hydrogens is 268 g/mol. The van der Waals surface area contributed by atoms with Crippen molar-refractivity contribution in [2.45, 2.75) is 29.6 Å². The van der Waals surface area contributed by atoms with Crippen LogP contribution in [0, 0.1) is 0 Å². The molecule has 0 N–H and O–H groups in total. The van der Waals surface area contributed by atoms with Gasteiger partial charge in [0, 0.05) is 9.79 Å². The molecule has 2 heteroatoms. The molecule has 2 rings (SSSR count). The Hall–Kier alpha value is -1.12. The number of thioether (sulfide) groups is 2. The van der Waals surface area contributed by atoms with Gasteiger partial charge in [-0.1, -0.05) is 73.3 Å². The van der Waals surface area contributed by atoms with E-state index in [0.717, 1.165) is 6.42 Å². The first-order valence-corrected chi connectivity index (χ1v) is 8.21. The summed E-state index contributed by atoms with van der Waals surface area (Å²) in [5.41, 5.74) is 0. The third-order valence-corrected chi connectivity index (χ3v) is 4.75. The Morgan fingerprint density at radius 1 is 0.895 bits per heavy atom. The van der Waals surface area contributed by atoms with E-state index in [1.165, 1.54) is 21.1 Å². The minimum Gasteiger partial charge on any atom is -0.0972 e. The molecule has 0 fully saturated rings. The fourth-order valence-corrected chi connectivity index (χ4v) is 3.59. The highest BCUT2D eigenvalue weighted by atomic mass is 32.2. The summed E-state index contributed by atoms with van der Waals surface area (Å²) in [5.74, 6) is 0. The molecule has 0 amide bonds. The zero-order chi connectivity index (χ0) is 13.3. The van der Waals surface area contributed by atoms with Crippen molar-refractivity contribution in [1.29, 1.82) is 0 Å². The molecule has 0 nitrogen and oxygen atoms in total. The Balaban J connectivity index is 2.03. The second-order valence-electron chi connectivity index (χ2n) is 4.18. The van der Waals surface area contributed by atoms with Gasteiger partial charge in [-0.3, -0.25) is 0 Å². The van der Waals surface area contributed by atoms with Crippen LogP contribution >= 0.6 is 23.5 Å². The number of benzene rings is 2. The van der Waals surface area contributed by atoms with Gasteiger partial charge >= 0.3 is 0 Å². The van der Waals surface area contributed by atoms with Crippen LogP contribution in [0.1, 0.15) is 19.8 Å². The molecule has 19 heavy (non-hydrogen) atoms. The van der Waals surface area contributed by atoms with Gasteiger partial charge in [-0.15, -0.1) is 0 Å². The van der Waals surface area contributed by atoms with Crippen LogP contribution in [0.5, 0.6) is 0 Å². The highest BCUT2D eigenvalue weighted by molar-refractivity contribution is 8.06. The molecule has 0 aromatic heterocycles. The molecule has 0 unspecified atom stereocenters. The van der Waals surface area contributed by atoms with E-state index in [2.05, 4.69) is 73.0 Å². The average Bonchev–Trinajstić information content (AvgIpc) is 2.47. The maximum Gasteiger partial charge on any atom is 0.0119 e. The molecule has 0 radical (unpaired) electrons. The van der Waals surface area contributed by atoms with Crippen LogP contribution in [-0.4, -0.2) is 0 Å². The Bertz CT molecular complexity index is 503. The SMILES string of the molecule is CCC/C(=C/Sc1ccccc1)Sc1ccccc1. The van der Waals surface area contributed by atoms with E-state index in [1.807, 2.05) is 11.8 Å². The van der Waals surface area contributed by atoms with E-state index in [9.17, 15) is 0 Å². The monoisotopic (exact) mass is 286 g/mol. The lowest BCUT2D eigenvalue weighted by molar-refractivity contribution is 0.949.